The van der Waals surface area contributed by atoms with E-state index in [1.807, 2.05) is 36.9 Å². The zero-order chi connectivity index (χ0) is 18.4. The molecule has 0 spiro atoms. The molecule has 1 saturated heterocycles. The van der Waals surface area contributed by atoms with Gasteiger partial charge in [-0.05, 0) is 36.6 Å². The normalized spacial score (nSPS) is 17.9. The van der Waals surface area contributed by atoms with Crippen molar-refractivity contribution in [2.75, 3.05) is 26.7 Å². The van der Waals surface area contributed by atoms with Gasteiger partial charge in [0.2, 0.25) is 5.91 Å². The summed E-state index contributed by atoms with van der Waals surface area (Å²) in [4.78, 5) is 18.3. The quantitative estimate of drug-likeness (QED) is 0.559. The molecule has 0 bridgehead atoms. The SMILES string of the molecule is CN=C(NCCc1cc(Cl)ccc1Br)NC1CCN(C(=O)C(C)C)C1. The Bertz CT molecular complexity index is 636. The average molecular weight is 430 g/mol. The second-order valence-electron chi connectivity index (χ2n) is 6.55. The van der Waals surface area contributed by atoms with Crippen molar-refractivity contribution in [3.8, 4) is 0 Å². The number of halogens is 2. The second kappa shape index (κ2) is 9.43. The molecule has 1 aliphatic rings. The number of nitrogens with one attached hydrogen (secondary N) is 2. The standard InChI is InChI=1S/C18H26BrClN4O/c1-12(2)17(25)24-9-7-15(11-24)23-18(21-3)22-8-6-13-10-14(20)4-5-16(13)19/h4-5,10,12,15H,6-9,11H2,1-3H3,(H2,21,22,23). The number of likely N-dealkylation sites (tertiary alicyclic amines) is 1. The Hall–Kier alpha value is -1.27. The molecule has 1 aliphatic heterocycles. The van der Waals surface area contributed by atoms with Crippen LogP contribution < -0.4 is 10.6 Å². The first-order chi connectivity index (χ1) is 11.9. The molecule has 0 aromatic heterocycles. The van der Waals surface area contributed by atoms with Crippen LogP contribution in [0.5, 0.6) is 0 Å². The molecule has 1 unspecified atom stereocenters. The highest BCUT2D eigenvalue weighted by Crippen LogP contribution is 2.21. The number of benzene rings is 1. The van der Waals surface area contributed by atoms with E-state index in [2.05, 4.69) is 31.6 Å². The lowest BCUT2D eigenvalue weighted by molar-refractivity contribution is -0.133. The number of hydrogen-bond donors (Lipinski definition) is 2. The minimum atomic E-state index is 0.0485. The van der Waals surface area contributed by atoms with Crippen LogP contribution in [-0.2, 0) is 11.2 Å². The first-order valence-corrected chi connectivity index (χ1v) is 9.77. The van der Waals surface area contributed by atoms with Gasteiger partial charge in [0.15, 0.2) is 5.96 Å². The smallest absolute Gasteiger partial charge is 0.225 e. The van der Waals surface area contributed by atoms with Crippen molar-refractivity contribution in [2.24, 2.45) is 10.9 Å². The molecule has 5 nitrogen and oxygen atoms in total. The Labute approximate surface area is 163 Å². The van der Waals surface area contributed by atoms with E-state index in [0.717, 1.165) is 53.5 Å². The van der Waals surface area contributed by atoms with E-state index in [4.69, 9.17) is 11.6 Å². The van der Waals surface area contributed by atoms with Gasteiger partial charge in [0.05, 0.1) is 0 Å². The topological polar surface area (TPSA) is 56.7 Å². The molecule has 1 amide bonds. The maximum atomic E-state index is 12.1. The Balaban J connectivity index is 1.80. The van der Waals surface area contributed by atoms with Crippen molar-refractivity contribution in [2.45, 2.75) is 32.7 Å². The summed E-state index contributed by atoms with van der Waals surface area (Å²) in [6.07, 6.45) is 1.78. The summed E-state index contributed by atoms with van der Waals surface area (Å²) in [5, 5.41) is 7.48. The lowest BCUT2D eigenvalue weighted by atomic mass is 10.1. The summed E-state index contributed by atoms with van der Waals surface area (Å²) in [6.45, 7) is 6.17. The first-order valence-electron chi connectivity index (χ1n) is 8.60. The molecule has 0 aliphatic carbocycles. The van der Waals surface area contributed by atoms with E-state index in [-0.39, 0.29) is 17.9 Å². The molecule has 1 atom stereocenters. The number of rotatable bonds is 5. The minimum absolute atomic E-state index is 0.0485. The molecular weight excluding hydrogens is 404 g/mol. The van der Waals surface area contributed by atoms with Gasteiger partial charge in [0, 0.05) is 48.1 Å². The van der Waals surface area contributed by atoms with Gasteiger partial charge < -0.3 is 15.5 Å². The third kappa shape index (κ3) is 5.89. The van der Waals surface area contributed by atoms with E-state index in [9.17, 15) is 4.79 Å². The van der Waals surface area contributed by atoms with E-state index in [1.54, 1.807) is 7.05 Å². The van der Waals surface area contributed by atoms with Gasteiger partial charge in [0.25, 0.3) is 0 Å². The largest absolute Gasteiger partial charge is 0.356 e. The predicted molar refractivity (Wildman–Crippen MR) is 107 cm³/mol. The van der Waals surface area contributed by atoms with Crippen molar-refractivity contribution >= 4 is 39.4 Å². The van der Waals surface area contributed by atoms with Crippen LogP contribution >= 0.6 is 27.5 Å². The van der Waals surface area contributed by atoms with Gasteiger partial charge in [-0.15, -0.1) is 0 Å². The van der Waals surface area contributed by atoms with Crippen LogP contribution in [0.2, 0.25) is 5.02 Å². The predicted octanol–water partition coefficient (Wildman–Crippen LogP) is 3.07. The zero-order valence-corrected chi connectivity index (χ0v) is 17.3. The molecular formula is C18H26BrClN4O. The average Bonchev–Trinajstić information content (AvgIpc) is 3.04. The highest BCUT2D eigenvalue weighted by molar-refractivity contribution is 9.10. The lowest BCUT2D eigenvalue weighted by Crippen LogP contribution is -2.45. The van der Waals surface area contributed by atoms with Gasteiger partial charge in [-0.2, -0.15) is 0 Å². The molecule has 7 heteroatoms. The fourth-order valence-electron chi connectivity index (χ4n) is 2.88. The fourth-order valence-corrected chi connectivity index (χ4v) is 3.52. The van der Waals surface area contributed by atoms with Crippen LogP contribution in [0, 0.1) is 5.92 Å². The summed E-state index contributed by atoms with van der Waals surface area (Å²) in [6, 6.07) is 6.04. The van der Waals surface area contributed by atoms with E-state index >= 15 is 0 Å². The zero-order valence-electron chi connectivity index (χ0n) is 15.0. The number of carbonyl (C=O) groups excluding carboxylic acids is 1. The van der Waals surface area contributed by atoms with Crippen LogP contribution in [0.1, 0.15) is 25.8 Å². The Morgan fingerprint density at radius 2 is 2.24 bits per heavy atom. The molecule has 1 aromatic carbocycles. The summed E-state index contributed by atoms with van der Waals surface area (Å²) in [7, 11) is 1.76. The van der Waals surface area contributed by atoms with E-state index < -0.39 is 0 Å². The van der Waals surface area contributed by atoms with Gasteiger partial charge >= 0.3 is 0 Å². The molecule has 1 fully saturated rings. The fraction of sp³-hybridized carbons (Fsp3) is 0.556. The van der Waals surface area contributed by atoms with Crippen molar-refractivity contribution < 1.29 is 4.79 Å². The lowest BCUT2D eigenvalue weighted by Gasteiger charge is -2.20. The van der Waals surface area contributed by atoms with E-state index in [0.29, 0.717) is 0 Å². The van der Waals surface area contributed by atoms with Gasteiger partial charge in [-0.3, -0.25) is 9.79 Å². The maximum absolute atomic E-state index is 12.1. The van der Waals surface area contributed by atoms with Crippen LogP contribution in [0.4, 0.5) is 0 Å². The molecule has 1 aromatic rings. The van der Waals surface area contributed by atoms with Crippen LogP contribution in [0.15, 0.2) is 27.7 Å². The Morgan fingerprint density at radius 1 is 1.48 bits per heavy atom. The van der Waals surface area contributed by atoms with Crippen LogP contribution in [-0.4, -0.2) is 49.5 Å². The van der Waals surface area contributed by atoms with Gasteiger partial charge in [0.1, 0.15) is 0 Å². The second-order valence-corrected chi connectivity index (χ2v) is 7.84. The van der Waals surface area contributed by atoms with Crippen molar-refractivity contribution in [3.63, 3.8) is 0 Å². The van der Waals surface area contributed by atoms with Gasteiger partial charge in [-0.25, -0.2) is 0 Å². The Kier molecular flexibility index (Phi) is 7.56. The molecule has 0 radical (unpaired) electrons. The summed E-state index contributed by atoms with van der Waals surface area (Å²) >= 11 is 9.60. The molecule has 25 heavy (non-hydrogen) atoms. The number of guanidine groups is 1. The summed E-state index contributed by atoms with van der Waals surface area (Å²) < 4.78 is 1.06. The third-order valence-corrected chi connectivity index (χ3v) is 5.26. The van der Waals surface area contributed by atoms with Crippen LogP contribution in [0.25, 0.3) is 0 Å². The number of hydrogen-bond acceptors (Lipinski definition) is 2. The minimum Gasteiger partial charge on any atom is -0.356 e. The monoisotopic (exact) mass is 428 g/mol. The Morgan fingerprint density at radius 3 is 2.92 bits per heavy atom. The highest BCUT2D eigenvalue weighted by Gasteiger charge is 2.27. The number of nitrogens with zero attached hydrogens (tertiary/aromatic N) is 2. The molecule has 2 rings (SSSR count). The molecule has 1 heterocycles. The summed E-state index contributed by atoms with van der Waals surface area (Å²) in [5.41, 5.74) is 1.16. The number of carbonyl (C=O) groups is 1. The summed E-state index contributed by atoms with van der Waals surface area (Å²) in [5.74, 6) is 1.03. The van der Waals surface area contributed by atoms with Gasteiger partial charge in [-0.1, -0.05) is 41.4 Å². The highest BCUT2D eigenvalue weighted by atomic mass is 79.9. The van der Waals surface area contributed by atoms with E-state index in [1.165, 1.54) is 0 Å². The van der Waals surface area contributed by atoms with Crippen molar-refractivity contribution in [1.82, 2.24) is 15.5 Å². The van der Waals surface area contributed by atoms with Crippen LogP contribution in [0.3, 0.4) is 0 Å². The third-order valence-electron chi connectivity index (χ3n) is 4.25. The van der Waals surface area contributed by atoms with Crippen molar-refractivity contribution in [3.05, 3.63) is 33.3 Å². The maximum Gasteiger partial charge on any atom is 0.225 e. The molecule has 0 saturated carbocycles. The molecule has 2 N–H and O–H groups in total. The number of aliphatic imine (C=N–C) groups is 1. The van der Waals surface area contributed by atoms with Crippen molar-refractivity contribution in [1.29, 1.82) is 0 Å². The first kappa shape index (κ1) is 20.0. The number of amides is 1. The molecule has 138 valence electrons.